The predicted octanol–water partition coefficient (Wildman–Crippen LogP) is 7.73. The van der Waals surface area contributed by atoms with Crippen LogP contribution in [-0.2, 0) is 10.8 Å². The Morgan fingerprint density at radius 1 is 0.741 bits per heavy atom. The molecule has 154 valence electrons. The molecule has 0 unspecified atom stereocenters. The van der Waals surface area contributed by atoms with Gasteiger partial charge in [0.15, 0.2) is 0 Å². The summed E-state index contributed by atoms with van der Waals surface area (Å²) in [6.07, 6.45) is 1.80. The van der Waals surface area contributed by atoms with Gasteiger partial charge in [0.2, 0.25) is 5.88 Å². The fraction of sp³-hybridized carbons (Fsp3) is 0.560. The van der Waals surface area contributed by atoms with Crippen LogP contribution in [0.15, 0.2) is 42.6 Å². The van der Waals surface area contributed by atoms with Crippen LogP contribution < -0.4 is 4.74 Å². The van der Waals surface area contributed by atoms with Crippen LogP contribution in [0.4, 0.5) is 0 Å². The van der Waals surface area contributed by atoms with Crippen LogP contribution in [0.5, 0.6) is 5.88 Å². The van der Waals surface area contributed by atoms with Gasteiger partial charge < -0.3 is 4.74 Å². The number of nitrogens with zero attached hydrogens (tertiary/aromatic N) is 1. The monoisotopic (exact) mass is 373 g/mol. The van der Waals surface area contributed by atoms with Gasteiger partial charge in [-0.2, -0.15) is 0 Å². The molecule has 0 amide bonds. The number of ether oxygens (including phenoxy) is 1. The minimum Gasteiger partial charge on any atom is -0.481 e. The number of methoxy groups -OCH3 is 1. The van der Waals surface area contributed by atoms with Gasteiger partial charge in [-0.3, -0.25) is 0 Å². The lowest BCUT2D eigenvalue weighted by Gasteiger charge is -2.22. The van der Waals surface area contributed by atoms with E-state index in [1.807, 2.05) is 34.6 Å². The standard InChI is InChI=1S/C11H17NO.C10H14.2C2H6/c1-8-9(11(2,3)4)6-7-12-10(8)13-5;1-10(2,3)9-7-5-4-6-8-9;2*1-2/h6-7H,1-5H3;4-8H,1-3H3;2*1-2H3. The van der Waals surface area contributed by atoms with Crippen molar-refractivity contribution in [2.24, 2.45) is 0 Å². The van der Waals surface area contributed by atoms with Crippen LogP contribution >= 0.6 is 0 Å². The second-order valence-corrected chi connectivity index (χ2v) is 7.86. The minimum absolute atomic E-state index is 0.153. The second-order valence-electron chi connectivity index (χ2n) is 7.86. The predicted molar refractivity (Wildman–Crippen MR) is 122 cm³/mol. The van der Waals surface area contributed by atoms with Crippen LogP contribution in [0.3, 0.4) is 0 Å². The van der Waals surface area contributed by atoms with Gasteiger partial charge in [-0.25, -0.2) is 4.98 Å². The summed E-state index contributed by atoms with van der Waals surface area (Å²) >= 11 is 0. The van der Waals surface area contributed by atoms with Gasteiger partial charge >= 0.3 is 0 Å². The lowest BCUT2D eigenvalue weighted by atomic mass is 9.85. The van der Waals surface area contributed by atoms with Crippen molar-refractivity contribution in [3.05, 3.63) is 59.3 Å². The molecule has 0 N–H and O–H groups in total. The summed E-state index contributed by atoms with van der Waals surface area (Å²) in [5.74, 6) is 0.729. The van der Waals surface area contributed by atoms with E-state index in [4.69, 9.17) is 4.74 Å². The Morgan fingerprint density at radius 2 is 1.22 bits per heavy atom. The van der Waals surface area contributed by atoms with Gasteiger partial charge in [-0.15, -0.1) is 0 Å². The van der Waals surface area contributed by atoms with Crippen LogP contribution in [0.25, 0.3) is 0 Å². The van der Waals surface area contributed by atoms with Crippen molar-refractivity contribution in [3.63, 3.8) is 0 Å². The Morgan fingerprint density at radius 3 is 1.56 bits per heavy atom. The molecular weight excluding hydrogens is 330 g/mol. The van der Waals surface area contributed by atoms with Crippen molar-refractivity contribution in [2.45, 2.75) is 87.0 Å². The minimum atomic E-state index is 0.153. The van der Waals surface area contributed by atoms with E-state index in [1.165, 1.54) is 11.1 Å². The first-order chi connectivity index (χ1) is 12.6. The lowest BCUT2D eigenvalue weighted by molar-refractivity contribution is 0.391. The Balaban J connectivity index is 0. The highest BCUT2D eigenvalue weighted by molar-refractivity contribution is 5.37. The van der Waals surface area contributed by atoms with Crippen molar-refractivity contribution in [1.82, 2.24) is 4.98 Å². The molecule has 2 aromatic rings. The van der Waals surface area contributed by atoms with Crippen LogP contribution in [0.1, 0.15) is 85.9 Å². The summed E-state index contributed by atoms with van der Waals surface area (Å²) in [5.41, 5.74) is 4.27. The third kappa shape index (κ3) is 10.2. The van der Waals surface area contributed by atoms with Crippen LogP contribution in [0, 0.1) is 6.92 Å². The normalized spacial score (nSPS) is 10.2. The molecule has 0 radical (unpaired) electrons. The largest absolute Gasteiger partial charge is 0.481 e. The van der Waals surface area contributed by atoms with E-state index in [-0.39, 0.29) is 5.41 Å². The smallest absolute Gasteiger partial charge is 0.216 e. The van der Waals surface area contributed by atoms with Gasteiger partial charge in [0, 0.05) is 11.8 Å². The third-order valence-corrected chi connectivity index (χ3v) is 3.80. The number of hydrogen-bond acceptors (Lipinski definition) is 2. The summed E-state index contributed by atoms with van der Waals surface area (Å²) in [5, 5.41) is 0. The Labute approximate surface area is 169 Å². The van der Waals surface area contributed by atoms with Gasteiger partial charge in [0.25, 0.3) is 0 Å². The molecule has 0 atom stereocenters. The average molecular weight is 374 g/mol. The van der Waals surface area contributed by atoms with E-state index in [9.17, 15) is 0 Å². The third-order valence-electron chi connectivity index (χ3n) is 3.80. The van der Waals surface area contributed by atoms with Crippen molar-refractivity contribution in [3.8, 4) is 5.88 Å². The fourth-order valence-corrected chi connectivity index (χ4v) is 2.47. The Bertz CT molecular complexity index is 604. The van der Waals surface area contributed by atoms with E-state index in [0.29, 0.717) is 5.41 Å². The zero-order valence-electron chi connectivity index (χ0n) is 19.9. The number of pyridine rings is 1. The van der Waals surface area contributed by atoms with Gasteiger partial charge in [-0.05, 0) is 34.9 Å². The van der Waals surface area contributed by atoms with Crippen molar-refractivity contribution in [2.75, 3.05) is 7.11 Å². The van der Waals surface area contributed by atoms with Crippen molar-refractivity contribution >= 4 is 0 Å². The highest BCUT2D eigenvalue weighted by atomic mass is 16.5. The average Bonchev–Trinajstić information content (AvgIpc) is 2.65. The number of rotatable bonds is 1. The van der Waals surface area contributed by atoms with Crippen molar-refractivity contribution < 1.29 is 4.74 Å². The van der Waals surface area contributed by atoms with Gasteiger partial charge in [-0.1, -0.05) is 99.6 Å². The molecule has 0 bridgehead atoms. The van der Waals surface area contributed by atoms with E-state index in [0.717, 1.165) is 11.4 Å². The molecule has 2 heteroatoms. The topological polar surface area (TPSA) is 22.1 Å². The van der Waals surface area contributed by atoms with Gasteiger partial charge in [0.05, 0.1) is 7.11 Å². The molecule has 0 saturated heterocycles. The first kappa shape index (κ1) is 27.4. The molecule has 0 saturated carbocycles. The number of hydrogen-bond donors (Lipinski definition) is 0. The second kappa shape index (κ2) is 13.4. The molecule has 0 aliphatic carbocycles. The van der Waals surface area contributed by atoms with Crippen LogP contribution in [0.2, 0.25) is 0 Å². The summed E-state index contributed by atoms with van der Waals surface area (Å²) in [6.45, 7) is 23.3. The zero-order chi connectivity index (χ0) is 21.7. The fourth-order valence-electron chi connectivity index (χ4n) is 2.47. The summed E-state index contributed by atoms with van der Waals surface area (Å²) in [6, 6.07) is 12.6. The first-order valence-corrected chi connectivity index (χ1v) is 10.1. The molecule has 1 heterocycles. The Hall–Kier alpha value is -1.83. The molecular formula is C25H43NO. The summed E-state index contributed by atoms with van der Waals surface area (Å²) in [4.78, 5) is 4.15. The maximum absolute atomic E-state index is 5.17. The van der Waals surface area contributed by atoms with E-state index in [1.54, 1.807) is 13.3 Å². The molecule has 0 aliphatic rings. The quantitative estimate of drug-likeness (QED) is 0.510. The first-order valence-electron chi connectivity index (χ1n) is 10.1. The molecule has 2 rings (SSSR count). The van der Waals surface area contributed by atoms with Crippen molar-refractivity contribution in [1.29, 1.82) is 0 Å². The van der Waals surface area contributed by atoms with E-state index in [2.05, 4.69) is 82.9 Å². The molecule has 1 aromatic carbocycles. The maximum Gasteiger partial charge on any atom is 0.216 e. The molecule has 1 aromatic heterocycles. The number of aromatic nitrogens is 1. The SMILES string of the molecule is CC.CC.CC(C)(C)c1ccccc1.COc1nccc(C(C)(C)C)c1C. The van der Waals surface area contributed by atoms with E-state index < -0.39 is 0 Å². The molecule has 0 fully saturated rings. The highest BCUT2D eigenvalue weighted by Crippen LogP contribution is 2.29. The summed E-state index contributed by atoms with van der Waals surface area (Å²) < 4.78 is 5.17. The zero-order valence-corrected chi connectivity index (χ0v) is 19.9. The molecule has 0 aliphatic heterocycles. The Kier molecular flexibility index (Phi) is 13.5. The van der Waals surface area contributed by atoms with E-state index >= 15 is 0 Å². The highest BCUT2D eigenvalue weighted by Gasteiger charge is 2.18. The molecule has 27 heavy (non-hydrogen) atoms. The maximum atomic E-state index is 5.17. The summed E-state index contributed by atoms with van der Waals surface area (Å²) in [7, 11) is 1.65. The number of benzene rings is 1. The molecule has 2 nitrogen and oxygen atoms in total. The van der Waals surface area contributed by atoms with Crippen LogP contribution in [-0.4, -0.2) is 12.1 Å². The van der Waals surface area contributed by atoms with Gasteiger partial charge in [0.1, 0.15) is 0 Å². The lowest BCUT2D eigenvalue weighted by Crippen LogP contribution is -2.13. The molecule has 0 spiro atoms.